The molecule has 80 valence electrons. The lowest BCUT2D eigenvalue weighted by Crippen LogP contribution is -2.06. The van der Waals surface area contributed by atoms with Crippen molar-refractivity contribution in [3.8, 4) is 12.3 Å². The van der Waals surface area contributed by atoms with Crippen LogP contribution in [0.1, 0.15) is 0 Å². The Hall–Kier alpha value is -0.860. The van der Waals surface area contributed by atoms with Crippen LogP contribution >= 0.6 is 27.7 Å². The van der Waals surface area contributed by atoms with Crippen LogP contribution in [0.15, 0.2) is 16.7 Å². The Balaban J connectivity index is 2.35. The first-order chi connectivity index (χ1) is 7.24. The van der Waals surface area contributed by atoms with E-state index in [-0.39, 0.29) is 0 Å². The van der Waals surface area contributed by atoms with Gasteiger partial charge in [0.25, 0.3) is 0 Å². The van der Waals surface area contributed by atoms with E-state index in [1.165, 1.54) is 0 Å². The van der Waals surface area contributed by atoms with E-state index >= 15 is 0 Å². The number of anilines is 2. The van der Waals surface area contributed by atoms with Crippen molar-refractivity contribution >= 4 is 39.2 Å². The zero-order valence-corrected chi connectivity index (χ0v) is 10.6. The molecule has 1 aromatic heterocycles. The fourth-order valence-electron chi connectivity index (χ4n) is 0.955. The van der Waals surface area contributed by atoms with Crippen molar-refractivity contribution in [2.75, 3.05) is 29.1 Å². The van der Waals surface area contributed by atoms with E-state index in [0.29, 0.717) is 5.69 Å². The second kappa shape index (κ2) is 6.59. The zero-order chi connectivity index (χ0) is 11.1. The average molecular weight is 286 g/mol. The van der Waals surface area contributed by atoms with E-state index < -0.39 is 0 Å². The Morgan fingerprint density at radius 2 is 2.47 bits per heavy atom. The summed E-state index contributed by atoms with van der Waals surface area (Å²) in [5, 5.41) is 3.20. The van der Waals surface area contributed by atoms with Gasteiger partial charge >= 0.3 is 0 Å². The molecule has 0 atom stereocenters. The lowest BCUT2D eigenvalue weighted by atomic mass is 10.4. The van der Waals surface area contributed by atoms with Gasteiger partial charge in [-0.05, 0) is 22.0 Å². The van der Waals surface area contributed by atoms with Crippen LogP contribution in [-0.2, 0) is 0 Å². The number of terminal acetylenes is 1. The van der Waals surface area contributed by atoms with Crippen LogP contribution in [-0.4, -0.2) is 23.0 Å². The molecule has 0 saturated carbocycles. The molecule has 0 amide bonds. The predicted molar refractivity (Wildman–Crippen MR) is 71.0 cm³/mol. The van der Waals surface area contributed by atoms with E-state index in [1.54, 1.807) is 18.0 Å². The summed E-state index contributed by atoms with van der Waals surface area (Å²) in [5.74, 6) is 5.10. The topological polar surface area (TPSA) is 50.9 Å². The van der Waals surface area contributed by atoms with Crippen molar-refractivity contribution in [3.63, 3.8) is 0 Å². The van der Waals surface area contributed by atoms with Crippen LogP contribution in [0, 0.1) is 12.3 Å². The maximum absolute atomic E-state index is 5.58. The number of nitrogens with one attached hydrogen (secondary N) is 1. The molecule has 0 radical (unpaired) electrons. The molecule has 1 aromatic rings. The first-order valence-corrected chi connectivity index (χ1v) is 6.35. The van der Waals surface area contributed by atoms with E-state index in [2.05, 4.69) is 32.2 Å². The van der Waals surface area contributed by atoms with Crippen LogP contribution < -0.4 is 11.1 Å². The van der Waals surface area contributed by atoms with E-state index in [9.17, 15) is 0 Å². The van der Waals surface area contributed by atoms with Gasteiger partial charge in [0.1, 0.15) is 5.82 Å². The molecule has 0 aromatic carbocycles. The van der Waals surface area contributed by atoms with Crippen molar-refractivity contribution in [3.05, 3.63) is 16.7 Å². The largest absolute Gasteiger partial charge is 0.397 e. The first-order valence-electron chi connectivity index (χ1n) is 4.40. The average Bonchev–Trinajstić information content (AvgIpc) is 2.20. The molecule has 0 aliphatic carbocycles. The third-order valence-electron chi connectivity index (χ3n) is 1.59. The Labute approximate surface area is 102 Å². The van der Waals surface area contributed by atoms with Gasteiger partial charge < -0.3 is 11.1 Å². The smallest absolute Gasteiger partial charge is 0.140 e. The van der Waals surface area contributed by atoms with Crippen molar-refractivity contribution < 1.29 is 0 Å². The molecule has 1 heterocycles. The van der Waals surface area contributed by atoms with Gasteiger partial charge in [0.15, 0.2) is 0 Å². The van der Waals surface area contributed by atoms with Crippen molar-refractivity contribution in [2.45, 2.75) is 0 Å². The summed E-state index contributed by atoms with van der Waals surface area (Å²) in [6.45, 7) is 0.835. The number of halogens is 1. The highest BCUT2D eigenvalue weighted by atomic mass is 79.9. The number of hydrogen-bond acceptors (Lipinski definition) is 4. The SMILES string of the molecule is C#CCSCCNc1ncc(N)cc1Br. The highest BCUT2D eigenvalue weighted by Crippen LogP contribution is 2.21. The molecule has 0 aliphatic rings. The Kier molecular flexibility index (Phi) is 5.37. The minimum absolute atomic E-state index is 0.647. The lowest BCUT2D eigenvalue weighted by Gasteiger charge is -2.06. The number of rotatable bonds is 5. The maximum Gasteiger partial charge on any atom is 0.140 e. The number of nitrogen functional groups attached to an aromatic ring is 1. The molecule has 0 bridgehead atoms. The van der Waals surface area contributed by atoms with Crippen LogP contribution in [0.3, 0.4) is 0 Å². The standard InChI is InChI=1S/C10H12BrN3S/c1-2-4-15-5-3-13-10-9(11)6-8(12)7-14-10/h1,6-7H,3-5,12H2,(H,13,14). The highest BCUT2D eigenvalue weighted by Gasteiger charge is 2.00. The fraction of sp³-hybridized carbons (Fsp3) is 0.300. The van der Waals surface area contributed by atoms with Crippen molar-refractivity contribution in [1.82, 2.24) is 4.98 Å². The van der Waals surface area contributed by atoms with Crippen LogP contribution in [0.5, 0.6) is 0 Å². The summed E-state index contributed by atoms with van der Waals surface area (Å²) in [5.41, 5.74) is 6.22. The van der Waals surface area contributed by atoms with Gasteiger partial charge in [-0.25, -0.2) is 4.98 Å². The van der Waals surface area contributed by atoms with E-state index in [4.69, 9.17) is 12.2 Å². The second-order valence-corrected chi connectivity index (χ2v) is 4.74. The number of pyridine rings is 1. The van der Waals surface area contributed by atoms with E-state index in [1.807, 2.05) is 6.07 Å². The second-order valence-electron chi connectivity index (χ2n) is 2.78. The third kappa shape index (κ3) is 4.45. The molecule has 0 fully saturated rings. The van der Waals surface area contributed by atoms with Gasteiger partial charge in [0.2, 0.25) is 0 Å². The molecule has 15 heavy (non-hydrogen) atoms. The summed E-state index contributed by atoms with van der Waals surface area (Å²) in [6.07, 6.45) is 6.76. The zero-order valence-electron chi connectivity index (χ0n) is 8.16. The molecule has 0 spiro atoms. The van der Waals surface area contributed by atoms with Gasteiger partial charge in [0, 0.05) is 12.3 Å². The summed E-state index contributed by atoms with van der Waals surface area (Å²) in [6, 6.07) is 1.82. The van der Waals surface area contributed by atoms with Crippen LogP contribution in [0.4, 0.5) is 11.5 Å². The number of nitrogens with zero attached hydrogens (tertiary/aromatic N) is 1. The summed E-state index contributed by atoms with van der Waals surface area (Å²) < 4.78 is 0.879. The Morgan fingerprint density at radius 1 is 1.67 bits per heavy atom. The molecule has 0 aliphatic heterocycles. The molecule has 3 N–H and O–H groups in total. The Morgan fingerprint density at radius 3 is 3.13 bits per heavy atom. The van der Waals surface area contributed by atoms with Gasteiger partial charge in [-0.1, -0.05) is 5.92 Å². The van der Waals surface area contributed by atoms with Gasteiger partial charge in [-0.3, -0.25) is 0 Å². The first kappa shape index (κ1) is 12.2. The maximum atomic E-state index is 5.58. The quantitative estimate of drug-likeness (QED) is 0.643. The highest BCUT2D eigenvalue weighted by molar-refractivity contribution is 9.10. The molecule has 5 heteroatoms. The number of nitrogens with two attached hydrogens (primary N) is 1. The summed E-state index contributed by atoms with van der Waals surface area (Å²) >= 11 is 5.10. The third-order valence-corrected chi connectivity index (χ3v) is 3.05. The van der Waals surface area contributed by atoms with Gasteiger partial charge in [-0.15, -0.1) is 18.2 Å². The lowest BCUT2D eigenvalue weighted by molar-refractivity contribution is 1.16. The Bertz CT molecular complexity index is 362. The van der Waals surface area contributed by atoms with Crippen molar-refractivity contribution in [2.24, 2.45) is 0 Å². The number of hydrogen-bond donors (Lipinski definition) is 2. The monoisotopic (exact) mass is 285 g/mol. The van der Waals surface area contributed by atoms with Crippen molar-refractivity contribution in [1.29, 1.82) is 0 Å². The fourth-order valence-corrected chi connectivity index (χ4v) is 1.97. The van der Waals surface area contributed by atoms with E-state index in [0.717, 1.165) is 28.3 Å². The normalized spacial score (nSPS) is 9.60. The van der Waals surface area contributed by atoms with Gasteiger partial charge in [0.05, 0.1) is 22.1 Å². The summed E-state index contributed by atoms with van der Waals surface area (Å²) in [4.78, 5) is 4.16. The summed E-state index contributed by atoms with van der Waals surface area (Å²) in [7, 11) is 0. The minimum atomic E-state index is 0.647. The molecule has 3 nitrogen and oxygen atoms in total. The van der Waals surface area contributed by atoms with Crippen LogP contribution in [0.2, 0.25) is 0 Å². The number of aromatic nitrogens is 1. The van der Waals surface area contributed by atoms with Crippen LogP contribution in [0.25, 0.3) is 0 Å². The minimum Gasteiger partial charge on any atom is -0.397 e. The predicted octanol–water partition coefficient (Wildman–Crippen LogP) is 2.20. The molecule has 0 unspecified atom stereocenters. The molecular formula is C10H12BrN3S. The van der Waals surface area contributed by atoms with Gasteiger partial charge in [-0.2, -0.15) is 0 Å². The number of thioether (sulfide) groups is 1. The molecule has 0 saturated heterocycles. The molecule has 1 rings (SSSR count). The molecular weight excluding hydrogens is 274 g/mol.